The van der Waals surface area contributed by atoms with E-state index in [4.69, 9.17) is 9.47 Å². The van der Waals surface area contributed by atoms with Crippen LogP contribution in [0.2, 0.25) is 0 Å². The number of likely N-dealkylation sites (N-methyl/N-ethyl adjacent to an activating group) is 1. The van der Waals surface area contributed by atoms with Gasteiger partial charge in [0.25, 0.3) is 11.8 Å². The zero-order valence-electron chi connectivity index (χ0n) is 12.6. The number of carbonyl (C=O) groups excluding carboxylic acids is 2. The fraction of sp³-hybridized carbons (Fsp3) is 0.467. The second-order valence-corrected chi connectivity index (χ2v) is 5.22. The summed E-state index contributed by atoms with van der Waals surface area (Å²) in [6, 6.07) is 5.43. The van der Waals surface area contributed by atoms with Gasteiger partial charge >= 0.3 is 0 Å². The summed E-state index contributed by atoms with van der Waals surface area (Å²) in [6.07, 6.45) is 0. The van der Waals surface area contributed by atoms with Gasteiger partial charge in [-0.1, -0.05) is 0 Å². The molecular weight excluding hydrogens is 291 g/mol. The first-order chi connectivity index (χ1) is 10.4. The van der Waals surface area contributed by atoms with Crippen molar-refractivity contribution in [3.8, 4) is 5.75 Å². The molecule has 0 unspecified atom stereocenters. The molecule has 1 aromatic rings. The second-order valence-electron chi connectivity index (χ2n) is 5.22. The van der Waals surface area contributed by atoms with E-state index in [1.807, 2.05) is 0 Å². The first-order valence-corrected chi connectivity index (χ1v) is 6.97. The maximum Gasteiger partial charge on any atom is 0.260 e. The molecule has 22 heavy (non-hydrogen) atoms. The van der Waals surface area contributed by atoms with Gasteiger partial charge in [-0.25, -0.2) is 4.39 Å². The van der Waals surface area contributed by atoms with Crippen LogP contribution in [-0.2, 0) is 14.3 Å². The van der Waals surface area contributed by atoms with Crippen LogP contribution in [0, 0.1) is 5.82 Å². The highest BCUT2D eigenvalue weighted by molar-refractivity contribution is 5.86. The third kappa shape index (κ3) is 3.73. The van der Waals surface area contributed by atoms with Crippen LogP contribution in [0.3, 0.4) is 0 Å². The summed E-state index contributed by atoms with van der Waals surface area (Å²) in [6.45, 7) is 2.32. The Morgan fingerprint density at radius 2 is 2.09 bits per heavy atom. The second kappa shape index (κ2) is 6.74. The number of amides is 2. The van der Waals surface area contributed by atoms with Gasteiger partial charge in [-0.3, -0.25) is 9.59 Å². The van der Waals surface area contributed by atoms with E-state index in [-0.39, 0.29) is 37.4 Å². The fourth-order valence-corrected chi connectivity index (χ4v) is 2.25. The van der Waals surface area contributed by atoms with Gasteiger partial charge in [0.15, 0.2) is 12.2 Å². The van der Waals surface area contributed by atoms with Crippen LogP contribution in [0.25, 0.3) is 0 Å². The Hall–Kier alpha value is -2.15. The number of benzene rings is 1. The molecule has 1 N–H and O–H groups in total. The molecule has 1 fully saturated rings. The normalized spacial score (nSPS) is 21.3. The van der Waals surface area contributed by atoms with Crippen molar-refractivity contribution in [3.63, 3.8) is 0 Å². The van der Waals surface area contributed by atoms with Gasteiger partial charge < -0.3 is 19.7 Å². The van der Waals surface area contributed by atoms with Crippen LogP contribution in [0.5, 0.6) is 5.75 Å². The number of ether oxygens (including phenoxy) is 2. The highest BCUT2D eigenvalue weighted by atomic mass is 19.1. The lowest BCUT2D eigenvalue weighted by atomic mass is 10.0. The molecule has 0 spiro atoms. The zero-order valence-corrected chi connectivity index (χ0v) is 12.6. The smallest absolute Gasteiger partial charge is 0.260 e. The fourth-order valence-electron chi connectivity index (χ4n) is 2.25. The number of halogens is 1. The Bertz CT molecular complexity index is 549. The van der Waals surface area contributed by atoms with Crippen LogP contribution in [0.1, 0.15) is 6.92 Å². The van der Waals surface area contributed by atoms with Crippen LogP contribution in [0.4, 0.5) is 4.39 Å². The minimum Gasteiger partial charge on any atom is -0.484 e. The molecule has 2 amide bonds. The number of rotatable bonds is 4. The van der Waals surface area contributed by atoms with Crippen LogP contribution < -0.4 is 10.1 Å². The molecule has 120 valence electrons. The van der Waals surface area contributed by atoms with Crippen molar-refractivity contribution in [2.75, 3.05) is 33.4 Å². The first-order valence-electron chi connectivity index (χ1n) is 6.97. The molecule has 1 aromatic carbocycles. The first kappa shape index (κ1) is 16.2. The summed E-state index contributed by atoms with van der Waals surface area (Å²) >= 11 is 0. The molecule has 0 aliphatic carbocycles. The van der Waals surface area contributed by atoms with Crippen molar-refractivity contribution in [3.05, 3.63) is 30.1 Å². The predicted molar refractivity (Wildman–Crippen MR) is 76.9 cm³/mol. The molecule has 1 saturated heterocycles. The van der Waals surface area contributed by atoms with Gasteiger partial charge in [-0.15, -0.1) is 0 Å². The van der Waals surface area contributed by atoms with Gasteiger partial charge in [0.2, 0.25) is 0 Å². The monoisotopic (exact) mass is 310 g/mol. The predicted octanol–water partition coefficient (Wildman–Crippen LogP) is 0.568. The topological polar surface area (TPSA) is 67.9 Å². The molecule has 6 nitrogen and oxygen atoms in total. The third-order valence-electron chi connectivity index (χ3n) is 3.51. The van der Waals surface area contributed by atoms with Gasteiger partial charge in [0.1, 0.15) is 11.6 Å². The summed E-state index contributed by atoms with van der Waals surface area (Å²) < 4.78 is 23.6. The molecule has 2 rings (SSSR count). The number of carbonyl (C=O) groups is 2. The molecule has 0 radical (unpaired) electrons. The van der Waals surface area contributed by atoms with E-state index in [0.29, 0.717) is 12.3 Å². The Kier molecular flexibility index (Phi) is 4.97. The van der Waals surface area contributed by atoms with Crippen LogP contribution >= 0.6 is 0 Å². The summed E-state index contributed by atoms with van der Waals surface area (Å²) in [7, 11) is 1.52. The number of hydrogen-bond donors (Lipinski definition) is 1. The summed E-state index contributed by atoms with van der Waals surface area (Å²) in [5.41, 5.74) is -1.06. The van der Waals surface area contributed by atoms with Crippen LogP contribution in [-0.4, -0.2) is 55.7 Å². The van der Waals surface area contributed by atoms with Crippen molar-refractivity contribution in [1.82, 2.24) is 10.2 Å². The van der Waals surface area contributed by atoms with Crippen molar-refractivity contribution in [1.29, 1.82) is 0 Å². The molecule has 1 heterocycles. The summed E-state index contributed by atoms with van der Waals surface area (Å²) in [5, 5.41) is 2.53. The minimum atomic E-state index is -1.06. The van der Waals surface area contributed by atoms with Crippen molar-refractivity contribution < 1.29 is 23.5 Å². The standard InChI is InChI=1S/C15H19FN2O4/c1-15(14(20)17-2)10-18(7-8-22-15)13(19)9-21-12-5-3-11(16)4-6-12/h3-6H,7-10H2,1-2H3,(H,17,20)/t15-/m1/s1. The summed E-state index contributed by atoms with van der Waals surface area (Å²) in [5.74, 6) is -0.475. The van der Waals surface area contributed by atoms with Crippen molar-refractivity contribution in [2.45, 2.75) is 12.5 Å². The van der Waals surface area contributed by atoms with E-state index in [0.717, 1.165) is 0 Å². The van der Waals surface area contributed by atoms with Gasteiger partial charge in [-0.2, -0.15) is 0 Å². The SMILES string of the molecule is CNC(=O)[C@@]1(C)CN(C(=O)COc2ccc(F)cc2)CCO1. The Labute approximate surface area is 128 Å². The van der Waals surface area contributed by atoms with Crippen molar-refractivity contribution >= 4 is 11.8 Å². The Morgan fingerprint density at radius 3 is 2.73 bits per heavy atom. The maximum atomic E-state index is 12.8. The van der Waals surface area contributed by atoms with E-state index in [9.17, 15) is 14.0 Å². The largest absolute Gasteiger partial charge is 0.484 e. The third-order valence-corrected chi connectivity index (χ3v) is 3.51. The lowest BCUT2D eigenvalue weighted by molar-refractivity contribution is -0.163. The lowest BCUT2D eigenvalue weighted by Crippen LogP contribution is -2.59. The van der Waals surface area contributed by atoms with E-state index in [1.165, 1.54) is 36.2 Å². The minimum absolute atomic E-state index is 0.165. The average Bonchev–Trinajstić information content (AvgIpc) is 2.53. The van der Waals surface area contributed by atoms with E-state index < -0.39 is 5.60 Å². The Morgan fingerprint density at radius 1 is 1.41 bits per heavy atom. The van der Waals surface area contributed by atoms with Gasteiger partial charge in [-0.05, 0) is 31.2 Å². The highest BCUT2D eigenvalue weighted by Crippen LogP contribution is 2.18. The molecule has 0 bridgehead atoms. The lowest BCUT2D eigenvalue weighted by Gasteiger charge is -2.38. The van der Waals surface area contributed by atoms with E-state index in [1.54, 1.807) is 6.92 Å². The van der Waals surface area contributed by atoms with E-state index >= 15 is 0 Å². The van der Waals surface area contributed by atoms with Crippen LogP contribution in [0.15, 0.2) is 24.3 Å². The quantitative estimate of drug-likeness (QED) is 0.883. The highest BCUT2D eigenvalue weighted by Gasteiger charge is 2.40. The molecule has 1 aliphatic heterocycles. The summed E-state index contributed by atoms with van der Waals surface area (Å²) in [4.78, 5) is 25.5. The number of hydrogen-bond acceptors (Lipinski definition) is 4. The average molecular weight is 310 g/mol. The number of morpholine rings is 1. The molecule has 1 atom stereocenters. The number of nitrogens with one attached hydrogen (secondary N) is 1. The molecule has 1 aliphatic rings. The Balaban J connectivity index is 1.92. The zero-order chi connectivity index (χ0) is 16.2. The molecule has 7 heteroatoms. The molecule has 0 saturated carbocycles. The maximum absolute atomic E-state index is 12.8. The molecular formula is C15H19FN2O4. The van der Waals surface area contributed by atoms with E-state index in [2.05, 4.69) is 5.32 Å². The van der Waals surface area contributed by atoms with Gasteiger partial charge in [0, 0.05) is 13.6 Å². The van der Waals surface area contributed by atoms with Gasteiger partial charge in [0.05, 0.1) is 13.2 Å². The van der Waals surface area contributed by atoms with Crippen molar-refractivity contribution in [2.24, 2.45) is 0 Å². The number of nitrogens with zero attached hydrogens (tertiary/aromatic N) is 1. The molecule has 0 aromatic heterocycles.